The molecule has 0 radical (unpaired) electrons. The van der Waals surface area contributed by atoms with E-state index in [2.05, 4.69) is 38.7 Å². The Labute approximate surface area is 109 Å². The highest BCUT2D eigenvalue weighted by Gasteiger charge is 2.14. The topological polar surface area (TPSA) is 27.0 Å². The Morgan fingerprint density at radius 2 is 1.94 bits per heavy atom. The zero-order chi connectivity index (χ0) is 13.7. The van der Waals surface area contributed by atoms with E-state index in [4.69, 9.17) is 5.26 Å². The molecule has 0 aliphatic heterocycles. The lowest BCUT2D eigenvalue weighted by molar-refractivity contribution is 0.189. The predicted octanol–water partition coefficient (Wildman–Crippen LogP) is 3.56. The molecular formula is C15H21FN2. The summed E-state index contributed by atoms with van der Waals surface area (Å²) in [5, 5.41) is 9.05. The number of halogens is 1. The minimum Gasteiger partial charge on any atom is -0.296 e. The Morgan fingerprint density at radius 3 is 2.44 bits per heavy atom. The summed E-state index contributed by atoms with van der Waals surface area (Å²) in [5.74, 6) is 0.267. The standard InChI is InChI=1S/C15H21FN2/c1-11(2)9-18(12(3)4)10-14-7-15(16)6-5-13(14)8-17/h5-7,11-12H,9-10H2,1-4H3. The zero-order valence-corrected chi connectivity index (χ0v) is 11.6. The summed E-state index contributed by atoms with van der Waals surface area (Å²) in [7, 11) is 0. The first kappa shape index (κ1) is 14.7. The zero-order valence-electron chi connectivity index (χ0n) is 11.6. The van der Waals surface area contributed by atoms with Gasteiger partial charge in [0, 0.05) is 19.1 Å². The molecule has 0 N–H and O–H groups in total. The van der Waals surface area contributed by atoms with Crippen LogP contribution in [0.1, 0.15) is 38.8 Å². The smallest absolute Gasteiger partial charge is 0.123 e. The van der Waals surface area contributed by atoms with Crippen LogP contribution >= 0.6 is 0 Å². The number of hydrogen-bond acceptors (Lipinski definition) is 2. The van der Waals surface area contributed by atoms with Crippen LogP contribution in [0.5, 0.6) is 0 Å². The minimum absolute atomic E-state index is 0.280. The lowest BCUT2D eigenvalue weighted by Crippen LogP contribution is -2.33. The van der Waals surface area contributed by atoms with E-state index in [-0.39, 0.29) is 5.82 Å². The highest BCUT2D eigenvalue weighted by Crippen LogP contribution is 2.16. The first-order valence-corrected chi connectivity index (χ1v) is 6.36. The number of rotatable bonds is 5. The maximum atomic E-state index is 13.3. The van der Waals surface area contributed by atoms with Crippen LogP contribution in [0.15, 0.2) is 18.2 Å². The molecule has 2 nitrogen and oxygen atoms in total. The van der Waals surface area contributed by atoms with Crippen molar-refractivity contribution in [2.75, 3.05) is 6.54 Å². The summed E-state index contributed by atoms with van der Waals surface area (Å²) in [6.45, 7) is 10.1. The molecule has 18 heavy (non-hydrogen) atoms. The third-order valence-electron chi connectivity index (χ3n) is 2.89. The van der Waals surface area contributed by atoms with Gasteiger partial charge in [-0.15, -0.1) is 0 Å². The van der Waals surface area contributed by atoms with E-state index in [1.807, 2.05) is 0 Å². The van der Waals surface area contributed by atoms with Crippen LogP contribution in [0.4, 0.5) is 4.39 Å². The average Bonchev–Trinajstić information content (AvgIpc) is 2.27. The molecule has 0 unspecified atom stereocenters. The highest BCUT2D eigenvalue weighted by atomic mass is 19.1. The van der Waals surface area contributed by atoms with E-state index in [0.29, 0.717) is 24.1 Å². The second-order valence-corrected chi connectivity index (χ2v) is 5.33. The van der Waals surface area contributed by atoms with Gasteiger partial charge in [-0.2, -0.15) is 5.26 Å². The summed E-state index contributed by atoms with van der Waals surface area (Å²) < 4.78 is 13.3. The molecule has 3 heteroatoms. The van der Waals surface area contributed by atoms with Crippen molar-refractivity contribution < 1.29 is 4.39 Å². The molecule has 0 atom stereocenters. The second-order valence-electron chi connectivity index (χ2n) is 5.33. The summed E-state index contributed by atoms with van der Waals surface area (Å²) in [4.78, 5) is 2.26. The van der Waals surface area contributed by atoms with Crippen molar-refractivity contribution in [1.82, 2.24) is 4.90 Å². The Bertz CT molecular complexity index is 433. The molecule has 0 saturated heterocycles. The molecule has 98 valence electrons. The largest absolute Gasteiger partial charge is 0.296 e. The predicted molar refractivity (Wildman–Crippen MR) is 71.5 cm³/mol. The van der Waals surface area contributed by atoms with Crippen molar-refractivity contribution in [3.8, 4) is 6.07 Å². The van der Waals surface area contributed by atoms with Gasteiger partial charge < -0.3 is 0 Å². The van der Waals surface area contributed by atoms with Gasteiger partial charge in [-0.25, -0.2) is 4.39 Å². The minimum atomic E-state index is -0.280. The van der Waals surface area contributed by atoms with E-state index in [1.165, 1.54) is 12.1 Å². The molecule has 0 aromatic heterocycles. The molecule has 0 fully saturated rings. The van der Waals surface area contributed by atoms with E-state index >= 15 is 0 Å². The molecule has 0 aliphatic carbocycles. The summed E-state index contributed by atoms with van der Waals surface area (Å²) in [6, 6.07) is 6.86. The van der Waals surface area contributed by atoms with Crippen LogP contribution < -0.4 is 0 Å². The van der Waals surface area contributed by atoms with Gasteiger partial charge >= 0.3 is 0 Å². The van der Waals surface area contributed by atoms with Crippen LogP contribution in [0.25, 0.3) is 0 Å². The summed E-state index contributed by atoms with van der Waals surface area (Å²) >= 11 is 0. The van der Waals surface area contributed by atoms with Gasteiger partial charge in [0.05, 0.1) is 11.6 Å². The first-order chi connectivity index (χ1) is 8.43. The third-order valence-corrected chi connectivity index (χ3v) is 2.89. The van der Waals surface area contributed by atoms with Gasteiger partial charge in [0.1, 0.15) is 5.82 Å². The number of nitrogens with zero attached hydrogens (tertiary/aromatic N) is 2. The second kappa shape index (κ2) is 6.51. The van der Waals surface area contributed by atoms with Gasteiger partial charge in [0.2, 0.25) is 0 Å². The number of benzene rings is 1. The Morgan fingerprint density at radius 1 is 1.28 bits per heavy atom. The van der Waals surface area contributed by atoms with Crippen molar-refractivity contribution in [2.24, 2.45) is 5.92 Å². The van der Waals surface area contributed by atoms with Crippen molar-refractivity contribution in [1.29, 1.82) is 5.26 Å². The van der Waals surface area contributed by atoms with Gasteiger partial charge in [-0.05, 0) is 43.5 Å². The lowest BCUT2D eigenvalue weighted by atomic mass is 10.1. The molecule has 1 rings (SSSR count). The number of nitriles is 1. The molecule has 0 bridgehead atoms. The molecule has 1 aromatic carbocycles. The van der Waals surface area contributed by atoms with Gasteiger partial charge in [-0.3, -0.25) is 4.90 Å². The summed E-state index contributed by atoms with van der Waals surface area (Å²) in [6.07, 6.45) is 0. The van der Waals surface area contributed by atoms with Crippen molar-refractivity contribution in [2.45, 2.75) is 40.3 Å². The first-order valence-electron chi connectivity index (χ1n) is 6.36. The van der Waals surface area contributed by atoms with E-state index in [1.54, 1.807) is 6.07 Å². The molecule has 0 saturated carbocycles. The molecule has 1 aromatic rings. The molecule has 0 amide bonds. The fraction of sp³-hybridized carbons (Fsp3) is 0.533. The Hall–Kier alpha value is -1.40. The number of hydrogen-bond donors (Lipinski definition) is 0. The van der Waals surface area contributed by atoms with Crippen LogP contribution in [0, 0.1) is 23.1 Å². The lowest BCUT2D eigenvalue weighted by Gasteiger charge is -2.28. The van der Waals surface area contributed by atoms with Gasteiger partial charge in [0.15, 0.2) is 0 Å². The maximum Gasteiger partial charge on any atom is 0.123 e. The normalized spacial score (nSPS) is 11.3. The summed E-state index contributed by atoms with van der Waals surface area (Å²) in [5.41, 5.74) is 1.33. The molecular weight excluding hydrogens is 227 g/mol. The van der Waals surface area contributed by atoms with Crippen LogP contribution in [0.2, 0.25) is 0 Å². The van der Waals surface area contributed by atoms with Crippen molar-refractivity contribution in [3.05, 3.63) is 35.1 Å². The van der Waals surface area contributed by atoms with Crippen LogP contribution in [-0.2, 0) is 6.54 Å². The molecule has 0 heterocycles. The Balaban J connectivity index is 2.93. The van der Waals surface area contributed by atoms with Crippen LogP contribution in [0.3, 0.4) is 0 Å². The quantitative estimate of drug-likeness (QED) is 0.796. The molecule has 0 aliphatic rings. The third kappa shape index (κ3) is 4.12. The Kier molecular flexibility index (Phi) is 5.30. The van der Waals surface area contributed by atoms with Gasteiger partial charge in [-0.1, -0.05) is 13.8 Å². The van der Waals surface area contributed by atoms with Gasteiger partial charge in [0.25, 0.3) is 0 Å². The van der Waals surface area contributed by atoms with Crippen molar-refractivity contribution in [3.63, 3.8) is 0 Å². The van der Waals surface area contributed by atoms with E-state index < -0.39 is 0 Å². The van der Waals surface area contributed by atoms with E-state index in [0.717, 1.165) is 12.1 Å². The maximum absolute atomic E-state index is 13.3. The fourth-order valence-corrected chi connectivity index (χ4v) is 1.95. The van der Waals surface area contributed by atoms with E-state index in [9.17, 15) is 4.39 Å². The molecule has 0 spiro atoms. The average molecular weight is 248 g/mol. The van der Waals surface area contributed by atoms with Crippen LogP contribution in [-0.4, -0.2) is 17.5 Å². The highest BCUT2D eigenvalue weighted by molar-refractivity contribution is 5.37. The SMILES string of the molecule is CC(C)CN(Cc1cc(F)ccc1C#N)C(C)C. The monoisotopic (exact) mass is 248 g/mol. The van der Waals surface area contributed by atoms with Crippen molar-refractivity contribution >= 4 is 0 Å². The fourth-order valence-electron chi connectivity index (χ4n) is 1.95.